The van der Waals surface area contributed by atoms with Crippen molar-refractivity contribution < 1.29 is 14.3 Å². The number of carbonyl (C=O) groups excluding carboxylic acids is 2. The molecule has 2 heterocycles. The number of imide groups is 1. The summed E-state index contributed by atoms with van der Waals surface area (Å²) in [6, 6.07) is 7.45. The second-order valence-electron chi connectivity index (χ2n) is 7.16. The molecule has 2 aliphatic heterocycles. The average molecular weight is 354 g/mol. The third kappa shape index (κ3) is 3.52. The number of carbonyl (C=O) groups is 2. The Hall–Kier alpha value is -2.56. The fraction of sp³-hybridized carbons (Fsp3) is 0.429. The quantitative estimate of drug-likeness (QED) is 0.558. The standard InChI is InChI=1S/C21H26N2O3/c1-4-11-23-20(24)18(19(21(23)25)22-12-5-6-13-22)16-7-9-17(10-8-16)26-14-15(2)3/h4,7-10,15H,1,5-6,11-14H2,2-3H3. The van der Waals surface area contributed by atoms with Crippen molar-refractivity contribution in [2.24, 2.45) is 5.92 Å². The maximum Gasteiger partial charge on any atom is 0.278 e. The van der Waals surface area contributed by atoms with Gasteiger partial charge >= 0.3 is 0 Å². The molecule has 0 N–H and O–H groups in total. The summed E-state index contributed by atoms with van der Waals surface area (Å²) in [5.74, 6) is 0.755. The van der Waals surface area contributed by atoms with Crippen LogP contribution in [-0.2, 0) is 9.59 Å². The third-order valence-corrected chi connectivity index (χ3v) is 4.60. The fourth-order valence-corrected chi connectivity index (χ4v) is 3.33. The summed E-state index contributed by atoms with van der Waals surface area (Å²) in [6.45, 7) is 10.4. The van der Waals surface area contributed by atoms with Crippen LogP contribution in [0, 0.1) is 5.92 Å². The second-order valence-corrected chi connectivity index (χ2v) is 7.16. The zero-order chi connectivity index (χ0) is 18.7. The molecule has 3 rings (SSSR count). The topological polar surface area (TPSA) is 49.9 Å². The molecule has 2 aliphatic rings. The number of amides is 2. The number of rotatable bonds is 7. The van der Waals surface area contributed by atoms with Crippen molar-refractivity contribution in [1.82, 2.24) is 9.80 Å². The largest absolute Gasteiger partial charge is 0.493 e. The Morgan fingerprint density at radius 1 is 1.12 bits per heavy atom. The monoisotopic (exact) mass is 354 g/mol. The first-order valence-electron chi connectivity index (χ1n) is 9.22. The lowest BCUT2D eigenvalue weighted by atomic mass is 10.0. The van der Waals surface area contributed by atoms with Gasteiger partial charge < -0.3 is 9.64 Å². The zero-order valence-electron chi connectivity index (χ0n) is 15.5. The van der Waals surface area contributed by atoms with E-state index in [1.165, 1.54) is 4.90 Å². The van der Waals surface area contributed by atoms with Crippen molar-refractivity contribution >= 4 is 17.4 Å². The molecule has 26 heavy (non-hydrogen) atoms. The molecule has 5 heteroatoms. The van der Waals surface area contributed by atoms with Gasteiger partial charge in [-0.2, -0.15) is 0 Å². The van der Waals surface area contributed by atoms with E-state index in [1.807, 2.05) is 29.2 Å². The lowest BCUT2D eigenvalue weighted by molar-refractivity contribution is -0.136. The highest BCUT2D eigenvalue weighted by molar-refractivity contribution is 6.35. The number of hydrogen-bond donors (Lipinski definition) is 0. The van der Waals surface area contributed by atoms with Crippen LogP contribution >= 0.6 is 0 Å². The number of nitrogens with zero attached hydrogens (tertiary/aromatic N) is 2. The minimum atomic E-state index is -0.243. The van der Waals surface area contributed by atoms with Crippen molar-refractivity contribution in [3.63, 3.8) is 0 Å². The molecule has 2 amide bonds. The summed E-state index contributed by atoms with van der Waals surface area (Å²) >= 11 is 0. The van der Waals surface area contributed by atoms with Gasteiger partial charge in [0, 0.05) is 19.6 Å². The molecule has 5 nitrogen and oxygen atoms in total. The van der Waals surface area contributed by atoms with Crippen LogP contribution in [0.2, 0.25) is 0 Å². The fourth-order valence-electron chi connectivity index (χ4n) is 3.33. The molecule has 1 aromatic carbocycles. The zero-order valence-corrected chi connectivity index (χ0v) is 15.5. The Bertz CT molecular complexity index is 728. The molecule has 1 saturated heterocycles. The minimum Gasteiger partial charge on any atom is -0.493 e. The average Bonchev–Trinajstić information content (AvgIpc) is 3.23. The Kier molecular flexibility index (Phi) is 5.45. The molecule has 0 bridgehead atoms. The molecule has 0 spiro atoms. The van der Waals surface area contributed by atoms with Crippen molar-refractivity contribution in [3.05, 3.63) is 48.2 Å². The third-order valence-electron chi connectivity index (χ3n) is 4.60. The van der Waals surface area contributed by atoms with Gasteiger partial charge in [0.05, 0.1) is 12.2 Å². The van der Waals surface area contributed by atoms with Crippen LogP contribution < -0.4 is 4.74 Å². The van der Waals surface area contributed by atoms with Gasteiger partial charge in [0.25, 0.3) is 11.8 Å². The van der Waals surface area contributed by atoms with Gasteiger partial charge in [-0.25, -0.2) is 0 Å². The van der Waals surface area contributed by atoms with E-state index in [1.54, 1.807) is 6.08 Å². The lowest BCUT2D eigenvalue weighted by Crippen LogP contribution is -2.34. The highest BCUT2D eigenvalue weighted by Gasteiger charge is 2.41. The molecule has 0 unspecified atom stereocenters. The second kappa shape index (κ2) is 7.77. The van der Waals surface area contributed by atoms with Crippen LogP contribution in [0.15, 0.2) is 42.6 Å². The number of likely N-dealkylation sites (tertiary alicyclic amines) is 1. The first-order valence-corrected chi connectivity index (χ1v) is 9.22. The highest BCUT2D eigenvalue weighted by atomic mass is 16.5. The van der Waals surface area contributed by atoms with Crippen LogP contribution in [0.5, 0.6) is 5.75 Å². The summed E-state index contributed by atoms with van der Waals surface area (Å²) in [7, 11) is 0. The first-order chi connectivity index (χ1) is 12.5. The van der Waals surface area contributed by atoms with Crippen LogP contribution in [0.4, 0.5) is 0 Å². The Labute approximate surface area is 154 Å². The first kappa shape index (κ1) is 18.2. The van der Waals surface area contributed by atoms with Crippen LogP contribution in [0.3, 0.4) is 0 Å². The number of hydrogen-bond acceptors (Lipinski definition) is 4. The molecule has 0 atom stereocenters. The van der Waals surface area contributed by atoms with Gasteiger partial charge in [0.2, 0.25) is 0 Å². The van der Waals surface area contributed by atoms with Crippen molar-refractivity contribution in [3.8, 4) is 5.75 Å². The summed E-state index contributed by atoms with van der Waals surface area (Å²) in [5, 5.41) is 0. The molecule has 0 aliphatic carbocycles. The van der Waals surface area contributed by atoms with E-state index in [0.717, 1.165) is 37.2 Å². The number of ether oxygens (including phenoxy) is 1. The summed E-state index contributed by atoms with van der Waals surface area (Å²) < 4.78 is 5.72. The Morgan fingerprint density at radius 2 is 1.77 bits per heavy atom. The van der Waals surface area contributed by atoms with Gasteiger partial charge in [-0.3, -0.25) is 14.5 Å². The van der Waals surface area contributed by atoms with E-state index in [-0.39, 0.29) is 18.4 Å². The van der Waals surface area contributed by atoms with E-state index in [9.17, 15) is 9.59 Å². The van der Waals surface area contributed by atoms with E-state index in [0.29, 0.717) is 23.8 Å². The summed E-state index contributed by atoms with van der Waals surface area (Å²) in [6.07, 6.45) is 3.67. The molecule has 138 valence electrons. The maximum atomic E-state index is 12.9. The van der Waals surface area contributed by atoms with Crippen LogP contribution in [0.1, 0.15) is 32.3 Å². The van der Waals surface area contributed by atoms with E-state index >= 15 is 0 Å². The molecule has 0 radical (unpaired) electrons. The lowest BCUT2D eigenvalue weighted by Gasteiger charge is -2.19. The number of benzene rings is 1. The van der Waals surface area contributed by atoms with E-state index in [2.05, 4.69) is 20.4 Å². The predicted molar refractivity (Wildman–Crippen MR) is 101 cm³/mol. The smallest absolute Gasteiger partial charge is 0.278 e. The van der Waals surface area contributed by atoms with Gasteiger partial charge in [-0.15, -0.1) is 6.58 Å². The molecular formula is C21H26N2O3. The van der Waals surface area contributed by atoms with Crippen molar-refractivity contribution in [1.29, 1.82) is 0 Å². The molecule has 1 fully saturated rings. The molecular weight excluding hydrogens is 328 g/mol. The van der Waals surface area contributed by atoms with Gasteiger partial charge in [-0.1, -0.05) is 32.1 Å². The summed E-state index contributed by atoms with van der Waals surface area (Å²) in [4.78, 5) is 29.1. The Morgan fingerprint density at radius 3 is 2.35 bits per heavy atom. The van der Waals surface area contributed by atoms with Crippen molar-refractivity contribution in [2.75, 3.05) is 26.2 Å². The van der Waals surface area contributed by atoms with Gasteiger partial charge in [-0.05, 0) is 36.5 Å². The van der Waals surface area contributed by atoms with Crippen LogP contribution in [-0.4, -0.2) is 47.9 Å². The minimum absolute atomic E-state index is 0.216. The van der Waals surface area contributed by atoms with Gasteiger partial charge in [0.1, 0.15) is 11.4 Å². The van der Waals surface area contributed by atoms with Crippen molar-refractivity contribution in [2.45, 2.75) is 26.7 Å². The summed E-state index contributed by atoms with van der Waals surface area (Å²) in [5.41, 5.74) is 1.79. The van der Waals surface area contributed by atoms with E-state index in [4.69, 9.17) is 4.74 Å². The Balaban J connectivity index is 1.93. The maximum absolute atomic E-state index is 12.9. The van der Waals surface area contributed by atoms with Crippen LogP contribution in [0.25, 0.3) is 5.57 Å². The van der Waals surface area contributed by atoms with Gasteiger partial charge in [0.15, 0.2) is 0 Å². The normalized spacial score (nSPS) is 17.7. The predicted octanol–water partition coefficient (Wildman–Crippen LogP) is 3.08. The SMILES string of the molecule is C=CCN1C(=O)C(c2ccc(OCC(C)C)cc2)=C(N2CCCC2)C1=O. The molecule has 0 saturated carbocycles. The van der Waals surface area contributed by atoms with E-state index < -0.39 is 0 Å². The molecule has 1 aromatic rings. The highest BCUT2D eigenvalue weighted by Crippen LogP contribution is 2.34. The molecule has 0 aromatic heterocycles.